The molecule has 0 radical (unpaired) electrons. The van der Waals surface area contributed by atoms with Crippen molar-refractivity contribution >= 4 is 11.4 Å². The fourth-order valence-corrected chi connectivity index (χ4v) is 1.26. The van der Waals surface area contributed by atoms with Crippen molar-refractivity contribution in [2.75, 3.05) is 24.2 Å². The molecule has 0 spiro atoms. The Morgan fingerprint density at radius 3 is 2.88 bits per heavy atom. The number of hydrogen-bond donors (Lipinski definition) is 2. The van der Waals surface area contributed by atoms with Gasteiger partial charge in [-0.2, -0.15) is 5.26 Å². The van der Waals surface area contributed by atoms with E-state index in [1.807, 2.05) is 13.8 Å². The summed E-state index contributed by atoms with van der Waals surface area (Å²) in [5, 5.41) is 11.9. The lowest BCUT2D eigenvalue weighted by atomic mass is 10.2. The fourth-order valence-electron chi connectivity index (χ4n) is 1.26. The molecular formula is C12H17N3O. The maximum absolute atomic E-state index is 8.75. The molecule has 3 N–H and O–H groups in total. The van der Waals surface area contributed by atoms with Crippen LogP contribution in [0.5, 0.6) is 0 Å². The average Bonchev–Trinajstić information content (AvgIpc) is 2.26. The Morgan fingerprint density at radius 1 is 1.50 bits per heavy atom. The third-order valence-corrected chi connectivity index (χ3v) is 2.05. The average molecular weight is 219 g/mol. The zero-order chi connectivity index (χ0) is 12.0. The maximum Gasteiger partial charge on any atom is 0.0992 e. The number of nitrogen functional groups attached to an aromatic ring is 1. The Balaban J connectivity index is 2.50. The monoisotopic (exact) mass is 219 g/mol. The quantitative estimate of drug-likeness (QED) is 0.586. The van der Waals surface area contributed by atoms with Crippen LogP contribution in [0.4, 0.5) is 11.4 Å². The van der Waals surface area contributed by atoms with Gasteiger partial charge in [-0.05, 0) is 32.0 Å². The lowest BCUT2D eigenvalue weighted by Crippen LogP contribution is -2.14. The fraction of sp³-hybridized carbons (Fsp3) is 0.417. The van der Waals surface area contributed by atoms with Crippen LogP contribution in [0.1, 0.15) is 19.4 Å². The van der Waals surface area contributed by atoms with Crippen molar-refractivity contribution in [1.29, 1.82) is 5.26 Å². The van der Waals surface area contributed by atoms with Crippen LogP contribution in [0.3, 0.4) is 0 Å². The van der Waals surface area contributed by atoms with Crippen LogP contribution in [0.15, 0.2) is 18.2 Å². The highest BCUT2D eigenvalue weighted by atomic mass is 16.5. The second kappa shape index (κ2) is 5.99. The molecule has 16 heavy (non-hydrogen) atoms. The van der Waals surface area contributed by atoms with Crippen LogP contribution in [0.25, 0.3) is 0 Å². The summed E-state index contributed by atoms with van der Waals surface area (Å²) in [7, 11) is 0. The van der Waals surface area contributed by atoms with Crippen molar-refractivity contribution in [1.82, 2.24) is 0 Å². The Bertz CT molecular complexity index is 382. The summed E-state index contributed by atoms with van der Waals surface area (Å²) in [4.78, 5) is 0. The van der Waals surface area contributed by atoms with E-state index in [4.69, 9.17) is 15.7 Å². The number of nitrogens with one attached hydrogen (secondary N) is 1. The highest BCUT2D eigenvalue weighted by Crippen LogP contribution is 2.19. The molecule has 0 bridgehead atoms. The van der Waals surface area contributed by atoms with Gasteiger partial charge < -0.3 is 15.8 Å². The molecule has 4 nitrogen and oxygen atoms in total. The summed E-state index contributed by atoms with van der Waals surface area (Å²) in [5.74, 6) is 0. The van der Waals surface area contributed by atoms with Gasteiger partial charge in [-0.3, -0.25) is 0 Å². The van der Waals surface area contributed by atoms with Gasteiger partial charge in [0.1, 0.15) is 0 Å². The molecule has 0 saturated heterocycles. The molecule has 0 aliphatic heterocycles. The van der Waals surface area contributed by atoms with Crippen LogP contribution in [-0.4, -0.2) is 19.3 Å². The maximum atomic E-state index is 8.75. The topological polar surface area (TPSA) is 71.1 Å². The predicted molar refractivity (Wildman–Crippen MR) is 65.1 cm³/mol. The van der Waals surface area contributed by atoms with E-state index in [1.165, 1.54) is 0 Å². The summed E-state index contributed by atoms with van der Waals surface area (Å²) in [5.41, 5.74) is 7.80. The Morgan fingerprint density at radius 2 is 2.25 bits per heavy atom. The molecule has 1 rings (SSSR count). The van der Waals surface area contributed by atoms with Gasteiger partial charge >= 0.3 is 0 Å². The van der Waals surface area contributed by atoms with Gasteiger partial charge in [0.15, 0.2) is 0 Å². The van der Waals surface area contributed by atoms with E-state index in [1.54, 1.807) is 18.2 Å². The number of nitrogens with two attached hydrogens (primary N) is 1. The number of nitriles is 1. The largest absolute Gasteiger partial charge is 0.397 e. The molecule has 4 heteroatoms. The Labute approximate surface area is 96.0 Å². The molecular weight excluding hydrogens is 202 g/mol. The number of rotatable bonds is 5. The van der Waals surface area contributed by atoms with Gasteiger partial charge in [0.25, 0.3) is 0 Å². The van der Waals surface area contributed by atoms with E-state index >= 15 is 0 Å². The van der Waals surface area contributed by atoms with Crippen molar-refractivity contribution in [3.8, 4) is 6.07 Å². The first-order valence-corrected chi connectivity index (χ1v) is 5.28. The van der Waals surface area contributed by atoms with Crippen molar-refractivity contribution in [3.63, 3.8) is 0 Å². The second-order valence-electron chi connectivity index (χ2n) is 3.76. The van der Waals surface area contributed by atoms with Crippen LogP contribution in [0.2, 0.25) is 0 Å². The van der Waals surface area contributed by atoms with Crippen LogP contribution >= 0.6 is 0 Å². The zero-order valence-corrected chi connectivity index (χ0v) is 9.66. The van der Waals surface area contributed by atoms with E-state index in [-0.39, 0.29) is 6.10 Å². The molecule has 0 amide bonds. The van der Waals surface area contributed by atoms with E-state index in [2.05, 4.69) is 11.4 Å². The van der Waals surface area contributed by atoms with Gasteiger partial charge in [0.05, 0.1) is 35.7 Å². The third kappa shape index (κ3) is 3.79. The van der Waals surface area contributed by atoms with Crippen LogP contribution in [-0.2, 0) is 4.74 Å². The highest BCUT2D eigenvalue weighted by Gasteiger charge is 2.00. The van der Waals surface area contributed by atoms with E-state index in [0.29, 0.717) is 24.4 Å². The first kappa shape index (κ1) is 12.3. The molecule has 0 fully saturated rings. The Kier molecular flexibility index (Phi) is 4.62. The minimum Gasteiger partial charge on any atom is -0.397 e. The van der Waals surface area contributed by atoms with E-state index < -0.39 is 0 Å². The van der Waals surface area contributed by atoms with E-state index in [0.717, 1.165) is 5.69 Å². The molecule has 0 aliphatic rings. The molecule has 1 aromatic carbocycles. The molecule has 0 aromatic heterocycles. The molecule has 0 aliphatic carbocycles. The van der Waals surface area contributed by atoms with Crippen molar-refractivity contribution < 1.29 is 4.74 Å². The van der Waals surface area contributed by atoms with Crippen LogP contribution in [0, 0.1) is 11.3 Å². The molecule has 0 atom stereocenters. The first-order valence-electron chi connectivity index (χ1n) is 5.28. The number of benzene rings is 1. The van der Waals surface area contributed by atoms with Crippen molar-refractivity contribution in [3.05, 3.63) is 23.8 Å². The summed E-state index contributed by atoms with van der Waals surface area (Å²) >= 11 is 0. The number of nitrogens with zero attached hydrogens (tertiary/aromatic N) is 1. The highest BCUT2D eigenvalue weighted by molar-refractivity contribution is 5.68. The first-order chi connectivity index (χ1) is 7.63. The van der Waals surface area contributed by atoms with Crippen LogP contribution < -0.4 is 11.1 Å². The zero-order valence-electron chi connectivity index (χ0n) is 9.66. The molecule has 0 unspecified atom stereocenters. The lowest BCUT2D eigenvalue weighted by molar-refractivity contribution is 0.0871. The summed E-state index contributed by atoms with van der Waals surface area (Å²) in [6.07, 6.45) is 0.226. The normalized spacial score (nSPS) is 10.1. The lowest BCUT2D eigenvalue weighted by Gasteiger charge is -2.11. The number of hydrogen-bond acceptors (Lipinski definition) is 4. The summed E-state index contributed by atoms with van der Waals surface area (Å²) < 4.78 is 5.39. The van der Waals surface area contributed by atoms with Crippen molar-refractivity contribution in [2.45, 2.75) is 20.0 Å². The summed E-state index contributed by atoms with van der Waals surface area (Å²) in [6.45, 7) is 5.28. The SMILES string of the molecule is CC(C)OCCNc1cc(C#N)ccc1N. The second-order valence-corrected chi connectivity index (χ2v) is 3.76. The molecule has 0 heterocycles. The minimum absolute atomic E-state index is 0.226. The Hall–Kier alpha value is -1.73. The summed E-state index contributed by atoms with van der Waals surface area (Å²) in [6, 6.07) is 7.24. The van der Waals surface area contributed by atoms with Gasteiger partial charge in [-0.25, -0.2) is 0 Å². The molecule has 0 saturated carbocycles. The third-order valence-electron chi connectivity index (χ3n) is 2.05. The van der Waals surface area contributed by atoms with E-state index in [9.17, 15) is 0 Å². The predicted octanol–water partition coefficient (Wildman–Crippen LogP) is 1.98. The standard InChI is InChI=1S/C12H17N3O/c1-9(2)16-6-5-15-12-7-10(8-13)3-4-11(12)14/h3-4,7,9,15H,5-6,14H2,1-2H3. The number of ether oxygens (including phenoxy) is 1. The molecule has 1 aromatic rings. The minimum atomic E-state index is 0.226. The van der Waals surface area contributed by atoms with Crippen molar-refractivity contribution in [2.24, 2.45) is 0 Å². The molecule has 86 valence electrons. The van der Waals surface area contributed by atoms with Gasteiger partial charge in [-0.1, -0.05) is 0 Å². The van der Waals surface area contributed by atoms with Gasteiger partial charge in [0, 0.05) is 6.54 Å². The smallest absolute Gasteiger partial charge is 0.0992 e. The van der Waals surface area contributed by atoms with Gasteiger partial charge in [-0.15, -0.1) is 0 Å². The number of anilines is 2. The van der Waals surface area contributed by atoms with Gasteiger partial charge in [0.2, 0.25) is 0 Å².